The van der Waals surface area contributed by atoms with Crippen LogP contribution in [0.5, 0.6) is 0 Å². The summed E-state index contributed by atoms with van der Waals surface area (Å²) in [5.41, 5.74) is 0. The maximum Gasteiger partial charge on any atom is 0.132 e. The second kappa shape index (κ2) is 4.17. The zero-order valence-electron chi connectivity index (χ0n) is 9.69. The molecule has 3 heteroatoms. The Hall–Kier alpha value is -1.32. The molecule has 0 saturated carbocycles. The number of hydrogen-bond donors (Lipinski definition) is 1. The van der Waals surface area contributed by atoms with E-state index in [4.69, 9.17) is 9.15 Å². The Bertz CT molecular complexity index is 432. The number of hydrogen-bond acceptors (Lipinski definition) is 3. The van der Waals surface area contributed by atoms with Crippen molar-refractivity contribution in [3.05, 3.63) is 48.5 Å². The van der Waals surface area contributed by atoms with Gasteiger partial charge in [-0.2, -0.15) is 0 Å². The smallest absolute Gasteiger partial charge is 0.132 e. The predicted molar refractivity (Wildman–Crippen MR) is 63.3 cm³/mol. The van der Waals surface area contributed by atoms with Crippen LogP contribution in [0.15, 0.2) is 47.1 Å². The van der Waals surface area contributed by atoms with Gasteiger partial charge in [-0.1, -0.05) is 31.2 Å². The number of ether oxygens (including phenoxy) is 1. The number of furan rings is 1. The first-order chi connectivity index (χ1) is 8.27. The molecule has 3 nitrogen and oxygen atoms in total. The predicted octanol–water partition coefficient (Wildman–Crippen LogP) is 2.46. The third-order valence-electron chi connectivity index (χ3n) is 3.73. The molecular weight excluding hydrogens is 216 g/mol. The van der Waals surface area contributed by atoms with Crippen LogP contribution in [0, 0.1) is 11.8 Å². The van der Waals surface area contributed by atoms with Crippen molar-refractivity contribution >= 4 is 0 Å². The summed E-state index contributed by atoms with van der Waals surface area (Å²) in [4.78, 5) is 0. The average molecular weight is 232 g/mol. The third-order valence-corrected chi connectivity index (χ3v) is 3.73. The third kappa shape index (κ3) is 1.75. The van der Waals surface area contributed by atoms with E-state index in [-0.39, 0.29) is 24.0 Å². The fraction of sp³-hybridized carbons (Fsp3) is 0.429. The molecule has 1 N–H and O–H groups in total. The summed E-state index contributed by atoms with van der Waals surface area (Å²) >= 11 is 0. The van der Waals surface area contributed by atoms with E-state index in [1.165, 1.54) is 0 Å². The van der Waals surface area contributed by atoms with Crippen molar-refractivity contribution in [1.29, 1.82) is 0 Å². The van der Waals surface area contributed by atoms with Crippen molar-refractivity contribution in [2.75, 3.05) is 0 Å². The minimum atomic E-state index is -0.605. The van der Waals surface area contributed by atoms with Gasteiger partial charge in [0.15, 0.2) is 0 Å². The average Bonchev–Trinajstić information content (AvgIpc) is 2.86. The monoisotopic (exact) mass is 232 g/mol. The van der Waals surface area contributed by atoms with Crippen LogP contribution in [-0.4, -0.2) is 17.3 Å². The highest BCUT2D eigenvalue weighted by molar-refractivity contribution is 5.19. The highest BCUT2D eigenvalue weighted by Gasteiger charge is 2.44. The van der Waals surface area contributed by atoms with Gasteiger partial charge in [-0.25, -0.2) is 0 Å². The Morgan fingerprint density at radius 1 is 1.24 bits per heavy atom. The van der Waals surface area contributed by atoms with Gasteiger partial charge in [0.2, 0.25) is 0 Å². The van der Waals surface area contributed by atoms with E-state index >= 15 is 0 Å². The number of allylic oxidation sites excluding steroid dienone is 2. The largest absolute Gasteiger partial charge is 0.467 e. The van der Waals surface area contributed by atoms with Gasteiger partial charge in [0.05, 0.1) is 18.5 Å². The molecule has 1 aromatic heterocycles. The van der Waals surface area contributed by atoms with Crippen LogP contribution in [0.1, 0.15) is 18.8 Å². The van der Waals surface area contributed by atoms with Gasteiger partial charge < -0.3 is 14.3 Å². The quantitative estimate of drug-likeness (QED) is 0.851. The highest BCUT2D eigenvalue weighted by Crippen LogP contribution is 2.42. The summed E-state index contributed by atoms with van der Waals surface area (Å²) in [5, 5.41) is 10.4. The Morgan fingerprint density at radius 2 is 2.00 bits per heavy atom. The van der Waals surface area contributed by atoms with Crippen molar-refractivity contribution in [1.82, 2.24) is 0 Å². The summed E-state index contributed by atoms with van der Waals surface area (Å²) in [7, 11) is 0. The molecule has 0 amide bonds. The molecule has 1 saturated heterocycles. The topological polar surface area (TPSA) is 42.6 Å². The zero-order chi connectivity index (χ0) is 11.8. The molecule has 90 valence electrons. The Labute approximate surface area is 100 Å². The first kappa shape index (κ1) is 10.8. The lowest BCUT2D eigenvalue weighted by molar-refractivity contribution is 0.0343. The number of aliphatic hydroxyl groups excluding tert-OH is 1. The summed E-state index contributed by atoms with van der Waals surface area (Å²) in [6, 6.07) is 3.61. The van der Waals surface area contributed by atoms with E-state index in [1.807, 2.05) is 24.3 Å². The lowest BCUT2D eigenvalue weighted by atomic mass is 9.82. The van der Waals surface area contributed by atoms with Gasteiger partial charge in [0, 0.05) is 5.92 Å². The van der Waals surface area contributed by atoms with Gasteiger partial charge >= 0.3 is 0 Å². The van der Waals surface area contributed by atoms with Gasteiger partial charge in [-0.15, -0.1) is 0 Å². The molecule has 0 unspecified atom stereocenters. The molecule has 3 heterocycles. The van der Waals surface area contributed by atoms with Crippen molar-refractivity contribution in [3.63, 3.8) is 0 Å². The Morgan fingerprint density at radius 3 is 2.71 bits per heavy atom. The lowest BCUT2D eigenvalue weighted by Gasteiger charge is -2.23. The molecule has 5 atom stereocenters. The fourth-order valence-electron chi connectivity index (χ4n) is 2.77. The van der Waals surface area contributed by atoms with Gasteiger partial charge in [0.25, 0.3) is 0 Å². The standard InChI is InChI=1S/C14H16O3/c1-9-10-5-2-3-6-11(17-10)13(9)14(15)12-7-4-8-16-12/h2-11,13-15H,1H3/t9-,10-,11+,13-,14-/m0/s1. The van der Waals surface area contributed by atoms with Gasteiger partial charge in [0.1, 0.15) is 11.9 Å². The van der Waals surface area contributed by atoms with Crippen molar-refractivity contribution in [2.45, 2.75) is 25.2 Å². The fourth-order valence-corrected chi connectivity index (χ4v) is 2.77. The maximum atomic E-state index is 10.4. The summed E-state index contributed by atoms with van der Waals surface area (Å²) in [6.07, 6.45) is 9.09. The molecule has 1 aromatic rings. The molecule has 3 rings (SSSR count). The van der Waals surface area contributed by atoms with E-state index in [2.05, 4.69) is 13.0 Å². The molecule has 2 bridgehead atoms. The van der Waals surface area contributed by atoms with Crippen LogP contribution in [0.2, 0.25) is 0 Å². The molecule has 0 radical (unpaired) electrons. The highest BCUT2D eigenvalue weighted by atomic mass is 16.5. The van der Waals surface area contributed by atoms with Crippen molar-refractivity contribution in [3.8, 4) is 0 Å². The minimum Gasteiger partial charge on any atom is -0.467 e. The normalized spacial score (nSPS) is 37.1. The Balaban J connectivity index is 1.88. The van der Waals surface area contributed by atoms with Crippen LogP contribution >= 0.6 is 0 Å². The molecule has 0 spiro atoms. The first-order valence-electron chi connectivity index (χ1n) is 5.99. The first-order valence-corrected chi connectivity index (χ1v) is 5.99. The number of aliphatic hydroxyl groups is 1. The molecule has 17 heavy (non-hydrogen) atoms. The van der Waals surface area contributed by atoms with E-state index < -0.39 is 6.10 Å². The van der Waals surface area contributed by atoms with E-state index in [1.54, 1.807) is 12.3 Å². The summed E-state index contributed by atoms with van der Waals surface area (Å²) < 4.78 is 11.2. The van der Waals surface area contributed by atoms with E-state index in [0.29, 0.717) is 5.76 Å². The summed E-state index contributed by atoms with van der Waals surface area (Å²) in [6.45, 7) is 2.12. The number of fused-ring (bicyclic) bond motifs is 2. The molecule has 0 aromatic carbocycles. The van der Waals surface area contributed by atoms with E-state index in [0.717, 1.165) is 0 Å². The van der Waals surface area contributed by atoms with Gasteiger partial charge in [-0.05, 0) is 18.1 Å². The van der Waals surface area contributed by atoms with Crippen LogP contribution in [0.25, 0.3) is 0 Å². The van der Waals surface area contributed by atoms with Crippen molar-refractivity contribution in [2.24, 2.45) is 11.8 Å². The molecule has 2 aliphatic heterocycles. The van der Waals surface area contributed by atoms with Crippen LogP contribution < -0.4 is 0 Å². The van der Waals surface area contributed by atoms with Crippen molar-refractivity contribution < 1.29 is 14.3 Å². The number of rotatable bonds is 2. The van der Waals surface area contributed by atoms with Crippen LogP contribution in [0.4, 0.5) is 0 Å². The lowest BCUT2D eigenvalue weighted by Crippen LogP contribution is -2.25. The SMILES string of the molecule is C[C@@H]1[C@H]([C@@H](O)c2ccco2)[C@H]2C=CC=C[C@@H]1O2. The van der Waals surface area contributed by atoms with Gasteiger partial charge in [-0.3, -0.25) is 0 Å². The minimum absolute atomic E-state index is 0.0369. The van der Waals surface area contributed by atoms with Crippen LogP contribution in [0.3, 0.4) is 0 Å². The molecule has 2 aliphatic rings. The second-order valence-corrected chi connectivity index (χ2v) is 4.73. The molecule has 0 aliphatic carbocycles. The zero-order valence-corrected chi connectivity index (χ0v) is 9.69. The maximum absolute atomic E-state index is 10.4. The Kier molecular flexibility index (Phi) is 2.65. The van der Waals surface area contributed by atoms with Crippen LogP contribution in [-0.2, 0) is 4.74 Å². The van der Waals surface area contributed by atoms with E-state index in [9.17, 15) is 5.11 Å². The molecule has 1 fully saturated rings. The molecular formula is C14H16O3. The second-order valence-electron chi connectivity index (χ2n) is 4.73. The summed E-state index contributed by atoms with van der Waals surface area (Å²) in [5.74, 6) is 0.947.